The molecule has 0 aromatic heterocycles. The molecule has 0 aliphatic rings. The minimum absolute atomic E-state index is 0.167. The highest BCUT2D eigenvalue weighted by Crippen LogP contribution is 2.11. The zero-order valence-corrected chi connectivity index (χ0v) is 15.4. The summed E-state index contributed by atoms with van der Waals surface area (Å²) in [4.78, 5) is 12.6. The predicted octanol–water partition coefficient (Wildman–Crippen LogP) is 2.24. The van der Waals surface area contributed by atoms with Gasteiger partial charge in [0.15, 0.2) is 0 Å². The molecule has 4 N–H and O–H groups in total. The molecule has 2 rings (SSSR count). The van der Waals surface area contributed by atoms with Gasteiger partial charge >= 0.3 is 0 Å². The van der Waals surface area contributed by atoms with Gasteiger partial charge < -0.3 is 11.1 Å². The van der Waals surface area contributed by atoms with E-state index in [0.717, 1.165) is 6.42 Å². The number of hydrogen-bond acceptors (Lipinski definition) is 4. The highest BCUT2D eigenvalue weighted by atomic mass is 32.2. The molecular formula is C19H25N3O3S. The summed E-state index contributed by atoms with van der Waals surface area (Å²) in [5.74, 6) is -0.537. The summed E-state index contributed by atoms with van der Waals surface area (Å²) in [5.41, 5.74) is 6.80. The highest BCUT2D eigenvalue weighted by Gasteiger charge is 2.24. The number of benzene rings is 2. The maximum atomic E-state index is 12.6. The predicted molar refractivity (Wildman–Crippen MR) is 104 cm³/mol. The van der Waals surface area contributed by atoms with Gasteiger partial charge in [-0.1, -0.05) is 55.0 Å². The number of rotatable bonds is 10. The van der Waals surface area contributed by atoms with E-state index in [4.69, 9.17) is 5.73 Å². The average Bonchev–Trinajstić information content (AvgIpc) is 2.62. The van der Waals surface area contributed by atoms with Crippen LogP contribution < -0.4 is 15.8 Å². The average molecular weight is 375 g/mol. The van der Waals surface area contributed by atoms with Gasteiger partial charge in [0.05, 0.1) is 5.75 Å². The van der Waals surface area contributed by atoms with Crippen LogP contribution in [-0.2, 0) is 20.6 Å². The molecule has 0 unspecified atom stereocenters. The van der Waals surface area contributed by atoms with E-state index in [0.29, 0.717) is 30.6 Å². The number of unbranched alkanes of at least 4 members (excludes halogenated alkanes) is 1. The van der Waals surface area contributed by atoms with Crippen LogP contribution in [0, 0.1) is 0 Å². The molecule has 0 spiro atoms. The molecule has 1 atom stereocenters. The summed E-state index contributed by atoms with van der Waals surface area (Å²) >= 11 is 0. The molecule has 140 valence electrons. The maximum absolute atomic E-state index is 12.6. The van der Waals surface area contributed by atoms with Crippen molar-refractivity contribution in [2.24, 2.45) is 5.73 Å². The first-order valence-corrected chi connectivity index (χ1v) is 10.3. The van der Waals surface area contributed by atoms with E-state index in [1.807, 2.05) is 12.1 Å². The van der Waals surface area contributed by atoms with Crippen molar-refractivity contribution in [2.75, 3.05) is 11.9 Å². The zero-order chi connectivity index (χ0) is 18.8. The Morgan fingerprint density at radius 1 is 0.962 bits per heavy atom. The van der Waals surface area contributed by atoms with Crippen LogP contribution in [0.25, 0.3) is 0 Å². The van der Waals surface area contributed by atoms with Crippen LogP contribution >= 0.6 is 0 Å². The van der Waals surface area contributed by atoms with Gasteiger partial charge in [0.25, 0.3) is 0 Å². The molecular weight excluding hydrogens is 350 g/mol. The Balaban J connectivity index is 2.06. The normalized spacial score (nSPS) is 12.5. The van der Waals surface area contributed by atoms with Crippen molar-refractivity contribution in [1.82, 2.24) is 4.72 Å². The van der Waals surface area contributed by atoms with Crippen molar-refractivity contribution in [2.45, 2.75) is 31.1 Å². The van der Waals surface area contributed by atoms with E-state index in [1.54, 1.807) is 48.5 Å². The second-order valence-electron chi connectivity index (χ2n) is 6.05. The van der Waals surface area contributed by atoms with Crippen molar-refractivity contribution < 1.29 is 13.2 Å². The lowest BCUT2D eigenvalue weighted by atomic mass is 10.1. The van der Waals surface area contributed by atoms with E-state index in [-0.39, 0.29) is 11.7 Å². The number of para-hydroxylation sites is 1. The number of nitrogens with two attached hydrogens (primary N) is 1. The lowest BCUT2D eigenvalue weighted by Crippen LogP contribution is -2.44. The Morgan fingerprint density at radius 3 is 2.19 bits per heavy atom. The van der Waals surface area contributed by atoms with Crippen molar-refractivity contribution >= 4 is 21.6 Å². The third-order valence-corrected chi connectivity index (χ3v) is 5.18. The van der Waals surface area contributed by atoms with Gasteiger partial charge in [0.1, 0.15) is 6.04 Å². The molecule has 0 bridgehead atoms. The number of anilines is 1. The Bertz CT molecular complexity index is 780. The molecule has 0 saturated carbocycles. The van der Waals surface area contributed by atoms with E-state index in [1.165, 1.54) is 0 Å². The Hall–Kier alpha value is -2.22. The first-order valence-electron chi connectivity index (χ1n) is 8.60. The van der Waals surface area contributed by atoms with Crippen LogP contribution in [0.5, 0.6) is 0 Å². The van der Waals surface area contributed by atoms with Gasteiger partial charge in [0, 0.05) is 5.69 Å². The minimum atomic E-state index is -3.65. The van der Waals surface area contributed by atoms with Gasteiger partial charge in [-0.25, -0.2) is 13.1 Å². The number of amides is 1. The summed E-state index contributed by atoms with van der Waals surface area (Å²) in [6, 6.07) is 17.0. The van der Waals surface area contributed by atoms with Gasteiger partial charge in [0.2, 0.25) is 15.9 Å². The summed E-state index contributed by atoms with van der Waals surface area (Å²) in [7, 11) is -3.65. The van der Waals surface area contributed by atoms with Gasteiger partial charge in [-0.2, -0.15) is 0 Å². The number of nitrogens with one attached hydrogen (secondary N) is 2. The fourth-order valence-electron chi connectivity index (χ4n) is 2.54. The fourth-order valence-corrected chi connectivity index (χ4v) is 3.91. The van der Waals surface area contributed by atoms with Crippen LogP contribution in [0.1, 0.15) is 24.8 Å². The van der Waals surface area contributed by atoms with Gasteiger partial charge in [-0.15, -0.1) is 0 Å². The second-order valence-corrected chi connectivity index (χ2v) is 7.81. The van der Waals surface area contributed by atoms with E-state index >= 15 is 0 Å². The van der Waals surface area contributed by atoms with Crippen LogP contribution in [0.15, 0.2) is 60.7 Å². The largest absolute Gasteiger partial charge is 0.330 e. The van der Waals surface area contributed by atoms with Gasteiger partial charge in [-0.3, -0.25) is 4.79 Å². The van der Waals surface area contributed by atoms with Crippen LogP contribution in [-0.4, -0.2) is 26.9 Å². The van der Waals surface area contributed by atoms with Crippen molar-refractivity contribution in [3.63, 3.8) is 0 Å². The Labute approximate surface area is 154 Å². The first-order chi connectivity index (χ1) is 12.5. The van der Waals surface area contributed by atoms with Crippen molar-refractivity contribution in [3.8, 4) is 0 Å². The lowest BCUT2D eigenvalue weighted by molar-refractivity contribution is -0.117. The molecule has 7 heteroatoms. The van der Waals surface area contributed by atoms with Crippen LogP contribution in [0.2, 0.25) is 0 Å². The van der Waals surface area contributed by atoms with Gasteiger partial charge in [-0.05, 0) is 37.1 Å². The number of carbonyl (C=O) groups excluding carboxylic acids is 1. The maximum Gasteiger partial charge on any atom is 0.242 e. The molecule has 0 heterocycles. The van der Waals surface area contributed by atoms with Crippen LogP contribution in [0.3, 0.4) is 0 Å². The summed E-state index contributed by atoms with van der Waals surface area (Å²) in [5, 5.41) is 2.76. The molecule has 2 aromatic carbocycles. The summed E-state index contributed by atoms with van der Waals surface area (Å²) in [6.45, 7) is 0.504. The Morgan fingerprint density at radius 2 is 1.58 bits per heavy atom. The first kappa shape index (κ1) is 20.1. The fraction of sp³-hybridized carbons (Fsp3) is 0.316. The highest BCUT2D eigenvalue weighted by molar-refractivity contribution is 7.88. The molecule has 0 aliphatic heterocycles. The molecule has 1 amide bonds. The molecule has 0 radical (unpaired) electrons. The third kappa shape index (κ3) is 6.95. The number of sulfonamides is 1. The van der Waals surface area contributed by atoms with E-state index in [2.05, 4.69) is 10.0 Å². The second kappa shape index (κ2) is 10.1. The third-order valence-electron chi connectivity index (χ3n) is 3.83. The summed E-state index contributed by atoms with van der Waals surface area (Å²) in [6.07, 6.45) is 1.79. The molecule has 0 fully saturated rings. The molecule has 0 saturated heterocycles. The SMILES string of the molecule is NCCCC[C@@H](NS(=O)(=O)Cc1ccccc1)C(=O)Nc1ccccc1. The lowest BCUT2D eigenvalue weighted by Gasteiger charge is -2.18. The van der Waals surface area contributed by atoms with Crippen molar-refractivity contribution in [3.05, 3.63) is 66.2 Å². The monoisotopic (exact) mass is 375 g/mol. The smallest absolute Gasteiger partial charge is 0.242 e. The minimum Gasteiger partial charge on any atom is -0.330 e. The summed E-state index contributed by atoms with van der Waals surface area (Å²) < 4.78 is 27.5. The molecule has 6 nitrogen and oxygen atoms in total. The molecule has 2 aromatic rings. The number of carbonyl (C=O) groups is 1. The van der Waals surface area contributed by atoms with E-state index < -0.39 is 16.1 Å². The topological polar surface area (TPSA) is 101 Å². The van der Waals surface area contributed by atoms with Crippen LogP contribution in [0.4, 0.5) is 5.69 Å². The Kier molecular flexibility index (Phi) is 7.77. The van der Waals surface area contributed by atoms with E-state index in [9.17, 15) is 13.2 Å². The number of hydrogen-bond donors (Lipinski definition) is 3. The molecule has 0 aliphatic carbocycles. The van der Waals surface area contributed by atoms with Crippen molar-refractivity contribution in [1.29, 1.82) is 0 Å². The zero-order valence-electron chi connectivity index (χ0n) is 14.6. The molecule has 26 heavy (non-hydrogen) atoms. The quantitative estimate of drug-likeness (QED) is 0.554. The standard InChI is InChI=1S/C19H25N3O3S/c20-14-8-7-13-18(19(23)21-17-11-5-2-6-12-17)22-26(24,25)15-16-9-3-1-4-10-16/h1-6,9-12,18,22H,7-8,13-15,20H2,(H,21,23)/t18-/m1/s1.